The predicted molar refractivity (Wildman–Crippen MR) is 78.6 cm³/mol. The Labute approximate surface area is 120 Å². The average Bonchev–Trinajstić information content (AvgIpc) is 3.17. The van der Waals surface area contributed by atoms with Crippen molar-refractivity contribution in [3.63, 3.8) is 0 Å². The first-order valence-electron chi connectivity index (χ1n) is 6.68. The van der Waals surface area contributed by atoms with Gasteiger partial charge in [-0.3, -0.25) is 0 Å². The maximum atomic E-state index is 5.72. The first kappa shape index (κ1) is 11.8. The third-order valence-electron chi connectivity index (χ3n) is 3.32. The van der Waals surface area contributed by atoms with Crippen molar-refractivity contribution in [2.24, 2.45) is 0 Å². The van der Waals surface area contributed by atoms with Crippen LogP contribution in [0.1, 0.15) is 5.89 Å². The predicted octanol–water partition coefficient (Wildman–Crippen LogP) is 3.13. The van der Waals surface area contributed by atoms with E-state index in [1.807, 2.05) is 59.2 Å². The van der Waals surface area contributed by atoms with Gasteiger partial charge in [0.2, 0.25) is 11.8 Å². The molecule has 0 aliphatic carbocycles. The molecular formula is C16H12N4O. The number of hydrogen-bond acceptors (Lipinski definition) is 4. The third kappa shape index (κ3) is 2.18. The number of nitrogens with zero attached hydrogens (tertiary/aromatic N) is 4. The minimum Gasteiger partial charge on any atom is -0.419 e. The van der Waals surface area contributed by atoms with Crippen molar-refractivity contribution in [2.75, 3.05) is 0 Å². The van der Waals surface area contributed by atoms with E-state index in [-0.39, 0.29) is 0 Å². The molecule has 0 amide bonds. The Morgan fingerprint density at radius 3 is 2.62 bits per heavy atom. The topological polar surface area (TPSA) is 56.7 Å². The van der Waals surface area contributed by atoms with Gasteiger partial charge >= 0.3 is 0 Å². The second kappa shape index (κ2) is 4.86. The van der Waals surface area contributed by atoms with Crippen LogP contribution in [0.4, 0.5) is 0 Å². The number of benzene rings is 2. The lowest BCUT2D eigenvalue weighted by atomic mass is 10.2. The van der Waals surface area contributed by atoms with Gasteiger partial charge in [0.05, 0.1) is 17.4 Å². The van der Waals surface area contributed by atoms with E-state index in [0.717, 1.165) is 16.6 Å². The highest BCUT2D eigenvalue weighted by atomic mass is 16.4. The molecular weight excluding hydrogens is 264 g/mol. The van der Waals surface area contributed by atoms with Crippen LogP contribution in [0.2, 0.25) is 0 Å². The van der Waals surface area contributed by atoms with Crippen LogP contribution in [-0.4, -0.2) is 19.7 Å². The van der Waals surface area contributed by atoms with E-state index in [1.165, 1.54) is 0 Å². The normalized spacial score (nSPS) is 11.0. The molecule has 4 aromatic rings. The number of para-hydroxylation sites is 2. The molecule has 0 radical (unpaired) electrons. The summed E-state index contributed by atoms with van der Waals surface area (Å²) in [5, 5.41) is 8.21. The number of fused-ring (bicyclic) bond motifs is 1. The van der Waals surface area contributed by atoms with Gasteiger partial charge in [0.15, 0.2) is 0 Å². The Balaban J connectivity index is 1.65. The zero-order chi connectivity index (χ0) is 14.1. The maximum Gasteiger partial charge on any atom is 0.247 e. The third-order valence-corrected chi connectivity index (χ3v) is 3.32. The second-order valence-corrected chi connectivity index (χ2v) is 4.73. The van der Waals surface area contributed by atoms with Crippen molar-refractivity contribution in [1.82, 2.24) is 19.7 Å². The van der Waals surface area contributed by atoms with Crippen LogP contribution in [-0.2, 0) is 6.54 Å². The van der Waals surface area contributed by atoms with Gasteiger partial charge in [-0.15, -0.1) is 10.2 Å². The van der Waals surface area contributed by atoms with Crippen LogP contribution in [0.25, 0.3) is 22.5 Å². The van der Waals surface area contributed by atoms with Crippen LogP contribution < -0.4 is 0 Å². The lowest BCUT2D eigenvalue weighted by molar-refractivity contribution is 0.491. The lowest BCUT2D eigenvalue weighted by Gasteiger charge is -1.99. The summed E-state index contributed by atoms with van der Waals surface area (Å²) in [5.41, 5.74) is 2.93. The van der Waals surface area contributed by atoms with Crippen molar-refractivity contribution in [1.29, 1.82) is 0 Å². The number of rotatable bonds is 3. The summed E-state index contributed by atoms with van der Waals surface area (Å²) in [5.74, 6) is 1.10. The van der Waals surface area contributed by atoms with Gasteiger partial charge in [0.25, 0.3) is 0 Å². The zero-order valence-electron chi connectivity index (χ0n) is 11.2. The molecule has 2 heterocycles. The van der Waals surface area contributed by atoms with E-state index >= 15 is 0 Å². The first-order chi connectivity index (χ1) is 10.4. The molecule has 0 atom stereocenters. The van der Waals surface area contributed by atoms with Crippen LogP contribution >= 0.6 is 0 Å². The molecule has 0 N–H and O–H groups in total. The molecule has 2 aromatic heterocycles. The molecule has 0 aliphatic rings. The SMILES string of the molecule is c1ccc(-c2nnc(Cn3cnc4ccccc43)o2)cc1. The Hall–Kier alpha value is -2.95. The van der Waals surface area contributed by atoms with Gasteiger partial charge in [0, 0.05) is 5.56 Å². The van der Waals surface area contributed by atoms with Crippen LogP contribution in [0.5, 0.6) is 0 Å². The Morgan fingerprint density at radius 1 is 0.905 bits per heavy atom. The fraction of sp³-hybridized carbons (Fsp3) is 0.0625. The molecule has 0 bridgehead atoms. The molecule has 0 aliphatic heterocycles. The summed E-state index contributed by atoms with van der Waals surface area (Å²) in [6.45, 7) is 0.514. The van der Waals surface area contributed by atoms with Crippen molar-refractivity contribution in [3.8, 4) is 11.5 Å². The Kier molecular flexibility index (Phi) is 2.74. The van der Waals surface area contributed by atoms with Gasteiger partial charge in [-0.05, 0) is 24.3 Å². The van der Waals surface area contributed by atoms with E-state index in [0.29, 0.717) is 18.3 Å². The minimum atomic E-state index is 0.514. The summed E-state index contributed by atoms with van der Waals surface area (Å²) < 4.78 is 7.72. The standard InChI is InChI=1S/C16H12N4O/c1-2-6-12(7-3-1)16-19-18-15(21-16)10-20-11-17-13-8-4-5-9-14(13)20/h1-9,11H,10H2. The van der Waals surface area contributed by atoms with E-state index < -0.39 is 0 Å². The lowest BCUT2D eigenvalue weighted by Crippen LogP contribution is -1.97. The van der Waals surface area contributed by atoms with Crippen molar-refractivity contribution in [3.05, 3.63) is 66.8 Å². The molecule has 0 fully saturated rings. The van der Waals surface area contributed by atoms with E-state index in [9.17, 15) is 0 Å². The molecule has 0 spiro atoms. The summed E-state index contributed by atoms with van der Waals surface area (Å²) in [7, 11) is 0. The molecule has 2 aromatic carbocycles. The van der Waals surface area contributed by atoms with E-state index in [2.05, 4.69) is 15.2 Å². The second-order valence-electron chi connectivity index (χ2n) is 4.73. The maximum absolute atomic E-state index is 5.72. The molecule has 102 valence electrons. The number of imidazole rings is 1. The first-order valence-corrected chi connectivity index (χ1v) is 6.68. The minimum absolute atomic E-state index is 0.514. The fourth-order valence-corrected chi connectivity index (χ4v) is 2.30. The molecule has 4 rings (SSSR count). The smallest absolute Gasteiger partial charge is 0.247 e. The van der Waals surface area contributed by atoms with Gasteiger partial charge < -0.3 is 8.98 Å². The average molecular weight is 276 g/mol. The van der Waals surface area contributed by atoms with Crippen molar-refractivity contribution >= 4 is 11.0 Å². The highest BCUT2D eigenvalue weighted by Crippen LogP contribution is 2.18. The monoisotopic (exact) mass is 276 g/mol. The number of aromatic nitrogens is 4. The van der Waals surface area contributed by atoms with E-state index in [1.54, 1.807) is 6.33 Å². The Bertz CT molecular complexity index is 879. The quantitative estimate of drug-likeness (QED) is 0.577. The van der Waals surface area contributed by atoms with Crippen LogP contribution in [0.15, 0.2) is 65.3 Å². The highest BCUT2D eigenvalue weighted by molar-refractivity contribution is 5.74. The summed E-state index contributed by atoms with van der Waals surface area (Å²) in [6.07, 6.45) is 1.79. The molecule has 0 saturated heterocycles. The summed E-state index contributed by atoms with van der Waals surface area (Å²) in [4.78, 5) is 4.35. The van der Waals surface area contributed by atoms with Crippen LogP contribution in [0, 0.1) is 0 Å². The zero-order valence-corrected chi connectivity index (χ0v) is 11.2. The van der Waals surface area contributed by atoms with E-state index in [4.69, 9.17) is 4.42 Å². The molecule has 0 unspecified atom stereocenters. The van der Waals surface area contributed by atoms with Gasteiger partial charge in [0.1, 0.15) is 6.54 Å². The van der Waals surface area contributed by atoms with Crippen molar-refractivity contribution in [2.45, 2.75) is 6.54 Å². The van der Waals surface area contributed by atoms with Gasteiger partial charge in [-0.25, -0.2) is 4.98 Å². The molecule has 5 heteroatoms. The largest absolute Gasteiger partial charge is 0.419 e. The molecule has 0 saturated carbocycles. The summed E-state index contributed by atoms with van der Waals surface area (Å²) in [6, 6.07) is 17.7. The fourth-order valence-electron chi connectivity index (χ4n) is 2.30. The number of hydrogen-bond donors (Lipinski definition) is 0. The summed E-state index contributed by atoms with van der Waals surface area (Å²) >= 11 is 0. The highest BCUT2D eigenvalue weighted by Gasteiger charge is 2.10. The van der Waals surface area contributed by atoms with Gasteiger partial charge in [-0.1, -0.05) is 30.3 Å². The Morgan fingerprint density at radius 2 is 1.71 bits per heavy atom. The molecule has 21 heavy (non-hydrogen) atoms. The van der Waals surface area contributed by atoms with Crippen LogP contribution in [0.3, 0.4) is 0 Å². The van der Waals surface area contributed by atoms with Gasteiger partial charge in [-0.2, -0.15) is 0 Å². The molecule has 5 nitrogen and oxygen atoms in total. The van der Waals surface area contributed by atoms with Crippen molar-refractivity contribution < 1.29 is 4.42 Å².